The lowest BCUT2D eigenvalue weighted by Crippen LogP contribution is -2.34. The van der Waals surface area contributed by atoms with Crippen LogP contribution in [0.5, 0.6) is 5.75 Å². The second-order valence-electron chi connectivity index (χ2n) is 4.17. The van der Waals surface area contributed by atoms with E-state index in [-0.39, 0.29) is 29.0 Å². The van der Waals surface area contributed by atoms with Gasteiger partial charge in [-0.1, -0.05) is 0 Å². The summed E-state index contributed by atoms with van der Waals surface area (Å²) in [5, 5.41) is 11.5. The fraction of sp³-hybridized carbons (Fsp3) is 0.231. The number of anilines is 1. The van der Waals surface area contributed by atoms with Crippen LogP contribution in [0.15, 0.2) is 28.4 Å². The molecular formula is C13H12BrFN2O4. The summed E-state index contributed by atoms with van der Waals surface area (Å²) in [5.41, 5.74) is 0.213. The van der Waals surface area contributed by atoms with Crippen LogP contribution in [0.1, 0.15) is 0 Å². The zero-order valence-corrected chi connectivity index (χ0v) is 12.6. The second kappa shape index (κ2) is 6.23. The molecule has 21 heavy (non-hydrogen) atoms. The minimum Gasteiger partial charge on any atom is -0.495 e. The Hall–Kier alpha value is -1.93. The van der Waals surface area contributed by atoms with Gasteiger partial charge in [0.15, 0.2) is 0 Å². The number of nitrogens with zero attached hydrogens (tertiary/aromatic N) is 1. The minimum atomic E-state index is -0.584. The molecule has 1 aromatic carbocycles. The van der Waals surface area contributed by atoms with Gasteiger partial charge in [-0.25, -0.2) is 4.39 Å². The van der Waals surface area contributed by atoms with E-state index < -0.39 is 17.6 Å². The van der Waals surface area contributed by atoms with Crippen molar-refractivity contribution >= 4 is 33.4 Å². The molecule has 2 rings (SSSR count). The van der Waals surface area contributed by atoms with Crippen molar-refractivity contribution in [3.8, 4) is 5.75 Å². The number of hydrogen-bond acceptors (Lipinski definition) is 5. The van der Waals surface area contributed by atoms with E-state index in [0.717, 1.165) is 17.0 Å². The van der Waals surface area contributed by atoms with Gasteiger partial charge in [0.2, 0.25) is 0 Å². The lowest BCUT2D eigenvalue weighted by Gasteiger charge is -2.15. The number of β-amino-alcohol motifs (C(OH)–C–C–N with tert-alkyl or cyclic N) is 1. The van der Waals surface area contributed by atoms with Crippen molar-refractivity contribution in [3.63, 3.8) is 0 Å². The molecule has 0 fully saturated rings. The lowest BCUT2D eigenvalue weighted by molar-refractivity contribution is -0.137. The minimum absolute atomic E-state index is 0.00604. The maximum Gasteiger partial charge on any atom is 0.277 e. The Kier molecular flexibility index (Phi) is 4.59. The normalized spacial score (nSPS) is 14.5. The molecule has 1 aromatic rings. The molecule has 0 aliphatic carbocycles. The summed E-state index contributed by atoms with van der Waals surface area (Å²) in [6.07, 6.45) is 1.09. The maximum absolute atomic E-state index is 13.6. The molecule has 0 aromatic heterocycles. The number of halogens is 2. The first-order chi connectivity index (χ1) is 9.97. The van der Waals surface area contributed by atoms with E-state index in [1.165, 1.54) is 13.2 Å². The van der Waals surface area contributed by atoms with Crippen molar-refractivity contribution in [1.82, 2.24) is 4.90 Å². The largest absolute Gasteiger partial charge is 0.495 e. The van der Waals surface area contributed by atoms with Gasteiger partial charge < -0.3 is 15.2 Å². The van der Waals surface area contributed by atoms with Crippen LogP contribution in [0, 0.1) is 5.82 Å². The van der Waals surface area contributed by atoms with Crippen LogP contribution < -0.4 is 10.1 Å². The van der Waals surface area contributed by atoms with Crippen LogP contribution in [-0.4, -0.2) is 42.1 Å². The Balaban J connectivity index is 2.27. The average molecular weight is 359 g/mol. The summed E-state index contributed by atoms with van der Waals surface area (Å²) < 4.78 is 18.9. The predicted molar refractivity (Wildman–Crippen MR) is 76.2 cm³/mol. The van der Waals surface area contributed by atoms with Gasteiger partial charge in [0.1, 0.15) is 17.3 Å². The summed E-state index contributed by atoms with van der Waals surface area (Å²) in [7, 11) is 1.40. The molecule has 2 amide bonds. The number of nitrogens with one attached hydrogen (secondary N) is 1. The molecule has 1 aliphatic rings. The number of aliphatic hydroxyl groups excluding tert-OH is 1. The van der Waals surface area contributed by atoms with Crippen molar-refractivity contribution in [3.05, 3.63) is 34.2 Å². The van der Waals surface area contributed by atoms with Gasteiger partial charge in [-0.2, -0.15) is 0 Å². The van der Waals surface area contributed by atoms with Crippen LogP contribution in [0.25, 0.3) is 0 Å². The maximum atomic E-state index is 13.6. The van der Waals surface area contributed by atoms with E-state index in [1.807, 2.05) is 0 Å². The molecule has 1 aliphatic heterocycles. The monoisotopic (exact) mass is 358 g/mol. The first kappa shape index (κ1) is 15.5. The van der Waals surface area contributed by atoms with E-state index in [9.17, 15) is 14.0 Å². The number of imide groups is 1. The summed E-state index contributed by atoms with van der Waals surface area (Å²) >= 11 is 3.03. The van der Waals surface area contributed by atoms with Crippen molar-refractivity contribution in [1.29, 1.82) is 0 Å². The highest BCUT2D eigenvalue weighted by Crippen LogP contribution is 2.32. The van der Waals surface area contributed by atoms with Crippen LogP contribution in [0.3, 0.4) is 0 Å². The number of aliphatic hydroxyl groups is 1. The smallest absolute Gasteiger partial charge is 0.277 e. The molecular weight excluding hydrogens is 347 g/mol. The van der Waals surface area contributed by atoms with Gasteiger partial charge in [-0.05, 0) is 22.0 Å². The van der Waals surface area contributed by atoms with Crippen molar-refractivity contribution in [2.45, 2.75) is 0 Å². The number of carbonyl (C=O) groups is 2. The molecule has 0 spiro atoms. The number of rotatable bonds is 5. The Morgan fingerprint density at radius 3 is 2.76 bits per heavy atom. The zero-order valence-electron chi connectivity index (χ0n) is 11.0. The molecule has 112 valence electrons. The van der Waals surface area contributed by atoms with Crippen LogP contribution in [0.2, 0.25) is 0 Å². The highest BCUT2D eigenvalue weighted by Gasteiger charge is 2.31. The molecule has 0 radical (unpaired) electrons. The summed E-state index contributed by atoms with van der Waals surface area (Å²) in [6, 6.07) is 2.56. The Labute approximate surface area is 128 Å². The summed E-state index contributed by atoms with van der Waals surface area (Å²) in [6.45, 7) is -0.417. The van der Waals surface area contributed by atoms with E-state index in [4.69, 9.17) is 9.84 Å². The van der Waals surface area contributed by atoms with Gasteiger partial charge in [-0.3, -0.25) is 14.5 Å². The molecule has 8 heteroatoms. The molecule has 0 bridgehead atoms. The quantitative estimate of drug-likeness (QED) is 0.774. The summed E-state index contributed by atoms with van der Waals surface area (Å²) in [5.74, 6) is -1.35. The Morgan fingerprint density at radius 1 is 1.43 bits per heavy atom. The number of amides is 2. The van der Waals surface area contributed by atoms with Crippen LogP contribution in [0.4, 0.5) is 10.1 Å². The van der Waals surface area contributed by atoms with E-state index in [1.54, 1.807) is 0 Å². The fourth-order valence-electron chi connectivity index (χ4n) is 1.85. The first-order valence-corrected chi connectivity index (χ1v) is 6.75. The SMILES string of the molecule is COc1cc(Br)c(F)cc1NC1=CC(=O)N(CCO)C1=O. The first-order valence-electron chi connectivity index (χ1n) is 5.96. The van der Waals surface area contributed by atoms with E-state index in [0.29, 0.717) is 5.75 Å². The molecule has 6 nitrogen and oxygen atoms in total. The zero-order chi connectivity index (χ0) is 15.6. The molecule has 0 atom stereocenters. The third-order valence-corrected chi connectivity index (χ3v) is 3.45. The van der Waals surface area contributed by atoms with Crippen LogP contribution >= 0.6 is 15.9 Å². The van der Waals surface area contributed by atoms with Gasteiger partial charge in [0.05, 0.1) is 30.4 Å². The number of carbonyl (C=O) groups excluding carboxylic acids is 2. The molecule has 1 heterocycles. The predicted octanol–water partition coefficient (Wildman–Crippen LogP) is 1.25. The van der Waals surface area contributed by atoms with Crippen molar-refractivity contribution in [2.75, 3.05) is 25.6 Å². The van der Waals surface area contributed by atoms with Gasteiger partial charge in [-0.15, -0.1) is 0 Å². The van der Waals surface area contributed by atoms with Gasteiger partial charge in [0.25, 0.3) is 11.8 Å². The van der Waals surface area contributed by atoms with E-state index >= 15 is 0 Å². The van der Waals surface area contributed by atoms with Gasteiger partial charge >= 0.3 is 0 Å². The Bertz CT molecular complexity index is 633. The molecule has 2 N–H and O–H groups in total. The number of benzene rings is 1. The summed E-state index contributed by atoms with van der Waals surface area (Å²) in [4.78, 5) is 24.5. The fourth-order valence-corrected chi connectivity index (χ4v) is 2.17. The average Bonchev–Trinajstić information content (AvgIpc) is 2.70. The third kappa shape index (κ3) is 3.06. The number of methoxy groups -OCH3 is 1. The Morgan fingerprint density at radius 2 is 2.14 bits per heavy atom. The lowest BCUT2D eigenvalue weighted by atomic mass is 10.2. The topological polar surface area (TPSA) is 78.9 Å². The van der Waals surface area contributed by atoms with Crippen LogP contribution in [-0.2, 0) is 9.59 Å². The second-order valence-corrected chi connectivity index (χ2v) is 5.02. The molecule has 0 saturated heterocycles. The standard InChI is InChI=1S/C13H12BrFN2O4/c1-21-11-4-7(14)8(15)5-9(11)16-10-6-12(19)17(2-3-18)13(10)20/h4-6,16,18H,2-3H2,1H3. The highest BCUT2D eigenvalue weighted by molar-refractivity contribution is 9.10. The van der Waals surface area contributed by atoms with E-state index in [2.05, 4.69) is 21.2 Å². The van der Waals surface area contributed by atoms with Gasteiger partial charge in [0, 0.05) is 12.1 Å². The van der Waals surface area contributed by atoms with Crippen molar-refractivity contribution < 1.29 is 23.8 Å². The molecule has 0 saturated carbocycles. The molecule has 0 unspecified atom stereocenters. The number of hydrogen-bond donors (Lipinski definition) is 2. The third-order valence-electron chi connectivity index (χ3n) is 2.84. The van der Waals surface area contributed by atoms with Crippen molar-refractivity contribution in [2.24, 2.45) is 0 Å². The number of ether oxygens (including phenoxy) is 1. The highest BCUT2D eigenvalue weighted by atomic mass is 79.9.